The van der Waals surface area contributed by atoms with Crippen LogP contribution in [0.2, 0.25) is 0 Å². The molecule has 1 rings (SSSR count). The van der Waals surface area contributed by atoms with Gasteiger partial charge in [-0.3, -0.25) is 0 Å². The molecule has 108 valence electrons. The molecule has 1 N–H and O–H groups in total. The molecule has 0 bridgehead atoms. The van der Waals surface area contributed by atoms with E-state index in [2.05, 4.69) is 26.8 Å². The van der Waals surface area contributed by atoms with Crippen LogP contribution in [0.1, 0.15) is 76.0 Å². The van der Waals surface area contributed by atoms with Crippen LogP contribution in [-0.4, -0.2) is 5.11 Å². The number of aryl methyl sites for hydroxylation is 1. The van der Waals surface area contributed by atoms with E-state index in [9.17, 15) is 5.11 Å². The van der Waals surface area contributed by atoms with Crippen LogP contribution < -0.4 is 0 Å². The molecule has 0 radical (unpaired) electrons. The zero-order valence-electron chi connectivity index (χ0n) is 13.0. The van der Waals surface area contributed by atoms with Gasteiger partial charge in [0.15, 0.2) is 0 Å². The van der Waals surface area contributed by atoms with Gasteiger partial charge in [-0.1, -0.05) is 58.9 Å². The van der Waals surface area contributed by atoms with Crippen LogP contribution in [-0.2, 0) is 19.3 Å². The lowest BCUT2D eigenvalue weighted by Crippen LogP contribution is -2.00. The van der Waals surface area contributed by atoms with Crippen molar-refractivity contribution in [3.8, 4) is 5.75 Å². The molecule has 0 aliphatic heterocycles. The highest BCUT2D eigenvalue weighted by Gasteiger charge is 2.11. The maximum atomic E-state index is 10.1. The van der Waals surface area contributed by atoms with E-state index in [1.807, 2.05) is 6.07 Å². The van der Waals surface area contributed by atoms with E-state index in [0.29, 0.717) is 5.75 Å². The van der Waals surface area contributed by atoms with E-state index in [0.717, 1.165) is 25.7 Å². The third-order valence-corrected chi connectivity index (χ3v) is 3.91. The van der Waals surface area contributed by atoms with Crippen molar-refractivity contribution < 1.29 is 5.11 Å². The fourth-order valence-corrected chi connectivity index (χ4v) is 2.81. The highest BCUT2D eigenvalue weighted by Crippen LogP contribution is 2.28. The average Bonchev–Trinajstić information content (AvgIpc) is 2.42. The second kappa shape index (κ2) is 9.01. The van der Waals surface area contributed by atoms with Gasteiger partial charge in [-0.05, 0) is 48.4 Å². The van der Waals surface area contributed by atoms with Gasteiger partial charge in [-0.2, -0.15) is 0 Å². The molecule has 1 aromatic rings. The molecular formula is C18H30O. The van der Waals surface area contributed by atoms with Gasteiger partial charge in [0, 0.05) is 0 Å². The van der Waals surface area contributed by atoms with Crippen LogP contribution in [0, 0.1) is 0 Å². The van der Waals surface area contributed by atoms with Crippen LogP contribution in [0.15, 0.2) is 12.1 Å². The monoisotopic (exact) mass is 262 g/mol. The molecule has 0 unspecified atom stereocenters. The molecule has 0 aliphatic rings. The lowest BCUT2D eigenvalue weighted by Gasteiger charge is -2.15. The number of unbranched alkanes of at least 4 members (excludes halogenated alkanes) is 4. The summed E-state index contributed by atoms with van der Waals surface area (Å²) in [7, 11) is 0. The summed E-state index contributed by atoms with van der Waals surface area (Å²) in [6.45, 7) is 6.67. The lowest BCUT2D eigenvalue weighted by molar-refractivity contribution is 0.464. The van der Waals surface area contributed by atoms with Gasteiger partial charge in [0.2, 0.25) is 0 Å². The summed E-state index contributed by atoms with van der Waals surface area (Å²) in [5.41, 5.74) is 4.06. The van der Waals surface area contributed by atoms with Crippen LogP contribution in [0.3, 0.4) is 0 Å². The molecule has 0 heterocycles. The van der Waals surface area contributed by atoms with E-state index in [4.69, 9.17) is 0 Å². The Labute approximate surface area is 119 Å². The number of aromatic hydroxyl groups is 1. The molecule has 0 amide bonds. The molecular weight excluding hydrogens is 232 g/mol. The van der Waals surface area contributed by atoms with Gasteiger partial charge < -0.3 is 5.11 Å². The smallest absolute Gasteiger partial charge is 0.119 e. The number of hydrogen-bond acceptors (Lipinski definition) is 1. The fourth-order valence-electron chi connectivity index (χ4n) is 2.81. The van der Waals surface area contributed by atoms with E-state index in [1.165, 1.54) is 48.8 Å². The van der Waals surface area contributed by atoms with Crippen LogP contribution in [0.5, 0.6) is 5.75 Å². The quantitative estimate of drug-likeness (QED) is 0.589. The first-order valence-electron chi connectivity index (χ1n) is 8.07. The molecule has 0 saturated heterocycles. The van der Waals surface area contributed by atoms with E-state index < -0.39 is 0 Å². The zero-order valence-corrected chi connectivity index (χ0v) is 13.0. The minimum Gasteiger partial charge on any atom is -0.508 e. The van der Waals surface area contributed by atoms with Gasteiger partial charge in [-0.15, -0.1) is 0 Å². The molecule has 0 spiro atoms. The van der Waals surface area contributed by atoms with Gasteiger partial charge >= 0.3 is 0 Å². The molecule has 0 atom stereocenters. The van der Waals surface area contributed by atoms with Crippen molar-refractivity contribution in [1.29, 1.82) is 0 Å². The van der Waals surface area contributed by atoms with Crippen molar-refractivity contribution >= 4 is 0 Å². The van der Waals surface area contributed by atoms with E-state index in [1.54, 1.807) is 0 Å². The second-order valence-corrected chi connectivity index (χ2v) is 5.47. The molecule has 0 fully saturated rings. The summed E-state index contributed by atoms with van der Waals surface area (Å²) in [6, 6.07) is 3.99. The first-order chi connectivity index (χ1) is 9.24. The third-order valence-electron chi connectivity index (χ3n) is 3.91. The summed E-state index contributed by atoms with van der Waals surface area (Å²) < 4.78 is 0. The summed E-state index contributed by atoms with van der Waals surface area (Å²) in [5, 5.41) is 10.1. The molecule has 1 aromatic carbocycles. The maximum absolute atomic E-state index is 10.1. The Balaban J connectivity index is 2.73. The highest BCUT2D eigenvalue weighted by atomic mass is 16.3. The van der Waals surface area contributed by atoms with Crippen molar-refractivity contribution in [2.24, 2.45) is 0 Å². The van der Waals surface area contributed by atoms with Gasteiger partial charge in [0.1, 0.15) is 5.75 Å². The third kappa shape index (κ3) is 4.89. The minimum atomic E-state index is 0.510. The molecule has 1 nitrogen and oxygen atoms in total. The van der Waals surface area contributed by atoms with Crippen LogP contribution >= 0.6 is 0 Å². The van der Waals surface area contributed by atoms with E-state index in [-0.39, 0.29) is 0 Å². The predicted octanol–water partition coefficient (Wildman–Crippen LogP) is 5.42. The van der Waals surface area contributed by atoms with Crippen molar-refractivity contribution in [3.05, 3.63) is 28.8 Å². The average molecular weight is 262 g/mol. The normalized spacial score (nSPS) is 10.9. The Hall–Kier alpha value is -0.980. The van der Waals surface area contributed by atoms with Crippen molar-refractivity contribution in [3.63, 3.8) is 0 Å². The molecule has 0 aliphatic carbocycles. The van der Waals surface area contributed by atoms with Crippen LogP contribution in [0.25, 0.3) is 0 Å². The second-order valence-electron chi connectivity index (χ2n) is 5.47. The molecule has 19 heavy (non-hydrogen) atoms. The van der Waals surface area contributed by atoms with Crippen molar-refractivity contribution in [1.82, 2.24) is 0 Å². The van der Waals surface area contributed by atoms with Crippen molar-refractivity contribution in [2.45, 2.75) is 78.6 Å². The van der Waals surface area contributed by atoms with Gasteiger partial charge in [0.05, 0.1) is 0 Å². The van der Waals surface area contributed by atoms with Crippen molar-refractivity contribution in [2.75, 3.05) is 0 Å². The minimum absolute atomic E-state index is 0.510. The highest BCUT2D eigenvalue weighted by molar-refractivity contribution is 5.44. The summed E-state index contributed by atoms with van der Waals surface area (Å²) in [6.07, 6.45) is 10.8. The van der Waals surface area contributed by atoms with E-state index >= 15 is 0 Å². The Morgan fingerprint density at radius 1 is 0.789 bits per heavy atom. The predicted molar refractivity (Wildman–Crippen MR) is 83.9 cm³/mol. The largest absolute Gasteiger partial charge is 0.508 e. The molecule has 0 saturated carbocycles. The maximum Gasteiger partial charge on any atom is 0.119 e. The first kappa shape index (κ1) is 16.1. The molecule has 0 aromatic heterocycles. The Kier molecular flexibility index (Phi) is 7.62. The van der Waals surface area contributed by atoms with Crippen LogP contribution in [0.4, 0.5) is 0 Å². The summed E-state index contributed by atoms with van der Waals surface area (Å²) >= 11 is 0. The molecule has 1 heteroatoms. The van der Waals surface area contributed by atoms with Gasteiger partial charge in [-0.25, -0.2) is 0 Å². The topological polar surface area (TPSA) is 20.2 Å². The summed E-state index contributed by atoms with van der Waals surface area (Å²) in [4.78, 5) is 0. The number of rotatable bonds is 9. The lowest BCUT2D eigenvalue weighted by atomic mass is 9.91. The number of hydrogen-bond donors (Lipinski definition) is 1. The SMILES string of the molecule is CCCCCCCc1c(O)ccc(CC)c1CCC. The number of phenols is 1. The first-order valence-corrected chi connectivity index (χ1v) is 8.07. The Bertz CT molecular complexity index is 368. The number of benzene rings is 1. The number of phenolic OH excluding ortho intramolecular Hbond substituents is 1. The van der Waals surface area contributed by atoms with Gasteiger partial charge in [0.25, 0.3) is 0 Å². The standard InChI is InChI=1S/C18H30O/c1-4-7-8-9-10-12-17-16(11-5-2)15(6-3)13-14-18(17)19/h13-14,19H,4-12H2,1-3H3. The zero-order chi connectivity index (χ0) is 14.1. The Morgan fingerprint density at radius 2 is 1.53 bits per heavy atom. The Morgan fingerprint density at radius 3 is 2.16 bits per heavy atom. The summed E-state index contributed by atoms with van der Waals surface area (Å²) in [5.74, 6) is 0.510. The fraction of sp³-hybridized carbons (Fsp3) is 0.667.